The fraction of sp³-hybridized carbons (Fsp3) is 0.389. The van der Waals surface area contributed by atoms with Crippen LogP contribution >= 0.6 is 0 Å². The molecule has 0 unspecified atom stereocenters. The lowest BCUT2D eigenvalue weighted by atomic mass is 10.1. The Morgan fingerprint density at radius 3 is 3.12 bits per heavy atom. The Bertz CT molecular complexity index is 897. The molecule has 1 aliphatic rings. The number of aromatic amines is 1. The zero-order chi connectivity index (χ0) is 17.9. The van der Waals surface area contributed by atoms with Crippen LogP contribution in [0.3, 0.4) is 0 Å². The van der Waals surface area contributed by atoms with Crippen LogP contribution in [0.5, 0.6) is 0 Å². The fourth-order valence-corrected chi connectivity index (χ4v) is 3.08. The minimum absolute atomic E-state index is 0.0153. The van der Waals surface area contributed by atoms with Crippen LogP contribution in [0.1, 0.15) is 17.3 Å². The van der Waals surface area contributed by atoms with Gasteiger partial charge in [-0.1, -0.05) is 17.3 Å². The molecule has 8 nitrogen and oxygen atoms in total. The van der Waals surface area contributed by atoms with Gasteiger partial charge >= 0.3 is 6.03 Å². The quantitative estimate of drug-likeness (QED) is 0.705. The summed E-state index contributed by atoms with van der Waals surface area (Å²) in [6, 6.07) is 8.18. The smallest absolute Gasteiger partial charge is 0.317 e. The molecule has 2 amide bonds. The van der Waals surface area contributed by atoms with Crippen LogP contribution in [-0.2, 0) is 17.8 Å². The lowest BCUT2D eigenvalue weighted by Crippen LogP contribution is -2.57. The number of benzene rings is 1. The Labute approximate surface area is 150 Å². The van der Waals surface area contributed by atoms with Gasteiger partial charge in [0.1, 0.15) is 6.61 Å². The number of ether oxygens (including phenoxy) is 1. The fourth-order valence-electron chi connectivity index (χ4n) is 3.08. The summed E-state index contributed by atoms with van der Waals surface area (Å²) in [5, 5.41) is 7.89. The summed E-state index contributed by atoms with van der Waals surface area (Å²) in [6.45, 7) is 3.80. The number of H-pyrrole nitrogens is 1. The average molecular weight is 355 g/mol. The molecule has 0 aliphatic carbocycles. The molecular formula is C18H21N5O3. The molecule has 0 atom stereocenters. The van der Waals surface area contributed by atoms with E-state index >= 15 is 0 Å². The summed E-state index contributed by atoms with van der Waals surface area (Å²) < 4.78 is 10.6. The molecule has 2 N–H and O–H groups in total. The van der Waals surface area contributed by atoms with Crippen molar-refractivity contribution < 1.29 is 14.1 Å². The van der Waals surface area contributed by atoms with Crippen molar-refractivity contribution >= 4 is 16.9 Å². The number of aromatic nitrogens is 3. The summed E-state index contributed by atoms with van der Waals surface area (Å²) in [5.74, 6) is 1.05. The van der Waals surface area contributed by atoms with E-state index in [9.17, 15) is 4.79 Å². The highest BCUT2D eigenvalue weighted by Gasteiger charge is 2.31. The van der Waals surface area contributed by atoms with Gasteiger partial charge in [-0.3, -0.25) is 0 Å². The van der Waals surface area contributed by atoms with Crippen molar-refractivity contribution in [1.82, 2.24) is 25.3 Å². The van der Waals surface area contributed by atoms with Crippen molar-refractivity contribution in [1.29, 1.82) is 0 Å². The highest BCUT2D eigenvalue weighted by atomic mass is 16.5. The SMILES string of the molecule is Cc1noc(COC2CN(C(=O)NCCc3cccc4[nH]ccc34)C2)n1. The van der Waals surface area contributed by atoms with E-state index in [0.717, 1.165) is 11.9 Å². The molecule has 0 spiro atoms. The van der Waals surface area contributed by atoms with Gasteiger partial charge in [0.2, 0.25) is 0 Å². The number of urea groups is 1. The summed E-state index contributed by atoms with van der Waals surface area (Å²) in [6.07, 6.45) is 2.75. The molecule has 1 aromatic carbocycles. The third kappa shape index (κ3) is 3.55. The van der Waals surface area contributed by atoms with Gasteiger partial charge in [0, 0.05) is 23.6 Å². The van der Waals surface area contributed by atoms with Gasteiger partial charge < -0.3 is 24.5 Å². The molecule has 4 rings (SSSR count). The topological polar surface area (TPSA) is 96.3 Å². The molecule has 26 heavy (non-hydrogen) atoms. The van der Waals surface area contributed by atoms with E-state index in [1.54, 1.807) is 11.8 Å². The minimum Gasteiger partial charge on any atom is -0.365 e. The Morgan fingerprint density at radius 2 is 2.31 bits per heavy atom. The third-order valence-corrected chi connectivity index (χ3v) is 4.50. The van der Waals surface area contributed by atoms with E-state index in [2.05, 4.69) is 32.6 Å². The molecule has 3 heterocycles. The highest BCUT2D eigenvalue weighted by Crippen LogP contribution is 2.18. The number of rotatable bonds is 6. The number of nitrogens with one attached hydrogen (secondary N) is 2. The summed E-state index contributed by atoms with van der Waals surface area (Å²) in [5.41, 5.74) is 2.34. The Hall–Kier alpha value is -2.87. The number of nitrogens with zero attached hydrogens (tertiary/aromatic N) is 3. The molecule has 8 heteroatoms. The van der Waals surface area contributed by atoms with Crippen LogP contribution in [0.4, 0.5) is 4.79 Å². The minimum atomic E-state index is -0.0558. The number of carbonyl (C=O) groups is 1. The standard InChI is InChI=1S/C18H21N5O3/c1-12-21-17(26-22-12)11-25-14-9-23(10-14)18(24)20-7-5-13-3-2-4-16-15(13)6-8-19-16/h2-4,6,8,14,19H,5,7,9-11H2,1H3,(H,20,24). The van der Waals surface area contributed by atoms with Crippen molar-refractivity contribution in [3.8, 4) is 0 Å². The van der Waals surface area contributed by atoms with Gasteiger partial charge in [-0.05, 0) is 31.0 Å². The van der Waals surface area contributed by atoms with Crippen LogP contribution < -0.4 is 5.32 Å². The number of hydrogen-bond donors (Lipinski definition) is 2. The van der Waals surface area contributed by atoms with Gasteiger partial charge in [-0.15, -0.1) is 0 Å². The molecule has 0 radical (unpaired) electrons. The highest BCUT2D eigenvalue weighted by molar-refractivity contribution is 5.83. The Balaban J connectivity index is 1.18. The molecule has 1 saturated heterocycles. The number of carbonyl (C=O) groups excluding carboxylic acids is 1. The molecule has 0 bridgehead atoms. The second-order valence-corrected chi connectivity index (χ2v) is 6.41. The first-order chi connectivity index (χ1) is 12.7. The van der Waals surface area contributed by atoms with E-state index in [-0.39, 0.29) is 18.7 Å². The van der Waals surface area contributed by atoms with Crippen LogP contribution in [-0.4, -0.2) is 51.8 Å². The van der Waals surface area contributed by atoms with Crippen LogP contribution in [0, 0.1) is 6.92 Å². The van der Waals surface area contributed by atoms with E-state index < -0.39 is 0 Å². The molecule has 2 aromatic heterocycles. The van der Waals surface area contributed by atoms with Gasteiger partial charge in [-0.25, -0.2) is 4.79 Å². The maximum Gasteiger partial charge on any atom is 0.317 e. The number of amides is 2. The first kappa shape index (κ1) is 16.6. The monoisotopic (exact) mass is 355 g/mol. The maximum absolute atomic E-state index is 12.2. The molecule has 1 fully saturated rings. The second-order valence-electron chi connectivity index (χ2n) is 6.41. The van der Waals surface area contributed by atoms with Crippen LogP contribution in [0.2, 0.25) is 0 Å². The zero-order valence-corrected chi connectivity index (χ0v) is 14.6. The first-order valence-electron chi connectivity index (χ1n) is 8.67. The molecule has 0 saturated carbocycles. The zero-order valence-electron chi connectivity index (χ0n) is 14.6. The van der Waals surface area contributed by atoms with Gasteiger partial charge in [0.05, 0.1) is 19.2 Å². The maximum atomic E-state index is 12.2. The normalized spacial score (nSPS) is 14.6. The Morgan fingerprint density at radius 1 is 1.42 bits per heavy atom. The Kier molecular flexibility index (Phi) is 4.57. The lowest BCUT2D eigenvalue weighted by Gasteiger charge is -2.38. The van der Waals surface area contributed by atoms with E-state index in [1.807, 2.05) is 18.3 Å². The lowest BCUT2D eigenvalue weighted by molar-refractivity contribution is -0.0515. The number of hydrogen-bond acceptors (Lipinski definition) is 5. The summed E-state index contributed by atoms with van der Waals surface area (Å²) >= 11 is 0. The number of aryl methyl sites for hydroxylation is 1. The van der Waals surface area contributed by atoms with Gasteiger partial charge in [0.25, 0.3) is 5.89 Å². The molecule has 1 aliphatic heterocycles. The first-order valence-corrected chi connectivity index (χ1v) is 8.67. The molecule has 3 aromatic rings. The number of likely N-dealkylation sites (tertiary alicyclic amines) is 1. The van der Waals surface area contributed by atoms with Crippen molar-refractivity contribution in [3.63, 3.8) is 0 Å². The van der Waals surface area contributed by atoms with Crippen molar-refractivity contribution in [2.45, 2.75) is 26.1 Å². The van der Waals surface area contributed by atoms with E-state index in [4.69, 9.17) is 9.26 Å². The molecule has 136 valence electrons. The second kappa shape index (κ2) is 7.17. The van der Waals surface area contributed by atoms with E-state index in [0.29, 0.717) is 31.3 Å². The van der Waals surface area contributed by atoms with Crippen LogP contribution in [0.15, 0.2) is 35.0 Å². The van der Waals surface area contributed by atoms with Crippen molar-refractivity contribution in [2.75, 3.05) is 19.6 Å². The predicted molar refractivity (Wildman–Crippen MR) is 94.6 cm³/mol. The third-order valence-electron chi connectivity index (χ3n) is 4.50. The summed E-state index contributed by atoms with van der Waals surface area (Å²) in [4.78, 5) is 21.2. The average Bonchev–Trinajstić information content (AvgIpc) is 3.22. The van der Waals surface area contributed by atoms with Crippen molar-refractivity contribution in [3.05, 3.63) is 47.7 Å². The summed E-state index contributed by atoms with van der Waals surface area (Å²) in [7, 11) is 0. The van der Waals surface area contributed by atoms with Crippen molar-refractivity contribution in [2.24, 2.45) is 0 Å². The largest absolute Gasteiger partial charge is 0.365 e. The van der Waals surface area contributed by atoms with Gasteiger partial charge in [0.15, 0.2) is 5.82 Å². The molecular weight excluding hydrogens is 334 g/mol. The van der Waals surface area contributed by atoms with E-state index in [1.165, 1.54) is 10.9 Å². The van der Waals surface area contributed by atoms with Crippen LogP contribution in [0.25, 0.3) is 10.9 Å². The predicted octanol–water partition coefficient (Wildman–Crippen LogP) is 2.01. The number of fused-ring (bicyclic) bond motifs is 1. The van der Waals surface area contributed by atoms with Gasteiger partial charge in [-0.2, -0.15) is 4.98 Å².